The smallest absolute Gasteiger partial charge is 0.348 e. The molecule has 0 saturated carbocycles. The standard InChI is InChI=1S/C17H14BrClF3NO3S/c1-2-27(25,26)15-4-3-14(19)7-11(15)9-23-16(24)10-5-12(17(20,21)22)8-13(18)6-10/h3-8H,2,9H2,1H3,(H,23,24). The zero-order valence-electron chi connectivity index (χ0n) is 13.9. The fourth-order valence-electron chi connectivity index (χ4n) is 2.31. The van der Waals surface area contributed by atoms with E-state index in [2.05, 4.69) is 21.2 Å². The van der Waals surface area contributed by atoms with E-state index in [1.54, 1.807) is 0 Å². The van der Waals surface area contributed by atoms with Gasteiger partial charge in [-0.1, -0.05) is 34.5 Å². The molecule has 0 heterocycles. The van der Waals surface area contributed by atoms with Gasteiger partial charge in [0.1, 0.15) is 0 Å². The average Bonchev–Trinajstić information content (AvgIpc) is 2.58. The zero-order valence-corrected chi connectivity index (χ0v) is 17.1. The van der Waals surface area contributed by atoms with Gasteiger partial charge in [-0.15, -0.1) is 0 Å². The van der Waals surface area contributed by atoms with E-state index in [9.17, 15) is 26.4 Å². The monoisotopic (exact) mass is 483 g/mol. The lowest BCUT2D eigenvalue weighted by Gasteiger charge is -2.13. The molecule has 0 aliphatic carbocycles. The summed E-state index contributed by atoms with van der Waals surface area (Å²) in [6, 6.07) is 6.98. The number of halogens is 5. The lowest BCUT2D eigenvalue weighted by Crippen LogP contribution is -2.24. The average molecular weight is 485 g/mol. The van der Waals surface area contributed by atoms with Crippen molar-refractivity contribution in [2.24, 2.45) is 0 Å². The number of alkyl halides is 3. The highest BCUT2D eigenvalue weighted by Gasteiger charge is 2.31. The van der Waals surface area contributed by atoms with Gasteiger partial charge in [0, 0.05) is 21.6 Å². The molecule has 0 bridgehead atoms. The summed E-state index contributed by atoms with van der Waals surface area (Å²) in [5.41, 5.74) is -0.929. The summed E-state index contributed by atoms with van der Waals surface area (Å²) in [6.07, 6.45) is -4.60. The van der Waals surface area contributed by atoms with Crippen LogP contribution in [-0.4, -0.2) is 20.1 Å². The minimum Gasteiger partial charge on any atom is -0.348 e. The van der Waals surface area contributed by atoms with Crippen LogP contribution in [0.2, 0.25) is 5.02 Å². The van der Waals surface area contributed by atoms with Gasteiger partial charge in [-0.05, 0) is 42.0 Å². The van der Waals surface area contributed by atoms with E-state index in [0.717, 1.165) is 12.1 Å². The van der Waals surface area contributed by atoms with E-state index in [-0.39, 0.29) is 37.8 Å². The number of benzene rings is 2. The third-order valence-corrected chi connectivity index (χ3v) is 6.19. The Hall–Kier alpha value is -1.58. The van der Waals surface area contributed by atoms with Crippen LogP contribution in [0.1, 0.15) is 28.4 Å². The molecule has 1 N–H and O–H groups in total. The predicted octanol–water partition coefficient (Wildman–Crippen LogP) is 4.84. The highest BCUT2D eigenvalue weighted by atomic mass is 79.9. The third kappa shape index (κ3) is 5.46. The van der Waals surface area contributed by atoms with Crippen molar-refractivity contribution in [2.45, 2.75) is 24.5 Å². The number of sulfone groups is 1. The van der Waals surface area contributed by atoms with Gasteiger partial charge in [0.25, 0.3) is 5.91 Å². The van der Waals surface area contributed by atoms with Crippen molar-refractivity contribution in [1.82, 2.24) is 5.32 Å². The fourth-order valence-corrected chi connectivity index (χ4v) is 4.11. The van der Waals surface area contributed by atoms with Crippen LogP contribution in [0.3, 0.4) is 0 Å². The maximum Gasteiger partial charge on any atom is 0.416 e. The molecule has 0 unspecified atom stereocenters. The summed E-state index contributed by atoms with van der Waals surface area (Å²) in [5, 5.41) is 2.71. The Morgan fingerprint density at radius 2 is 1.85 bits per heavy atom. The Labute approximate surface area is 167 Å². The van der Waals surface area contributed by atoms with Crippen LogP contribution < -0.4 is 5.32 Å². The zero-order chi connectivity index (χ0) is 20.4. The number of nitrogens with one attached hydrogen (secondary N) is 1. The van der Waals surface area contributed by atoms with E-state index in [1.807, 2.05) is 0 Å². The van der Waals surface area contributed by atoms with Gasteiger partial charge in [0.05, 0.1) is 16.2 Å². The minimum absolute atomic E-state index is 0.0138. The molecule has 2 rings (SSSR count). The number of amides is 1. The van der Waals surface area contributed by atoms with Crippen molar-refractivity contribution < 1.29 is 26.4 Å². The molecule has 1 amide bonds. The number of rotatable bonds is 5. The molecule has 2 aromatic carbocycles. The van der Waals surface area contributed by atoms with Gasteiger partial charge in [-0.25, -0.2) is 8.42 Å². The van der Waals surface area contributed by atoms with Crippen LogP contribution in [0.5, 0.6) is 0 Å². The molecule has 0 aliphatic rings. The Kier molecular flexibility index (Phi) is 6.59. The molecule has 4 nitrogen and oxygen atoms in total. The van der Waals surface area contributed by atoms with Crippen LogP contribution in [0.4, 0.5) is 13.2 Å². The van der Waals surface area contributed by atoms with E-state index < -0.39 is 27.5 Å². The fraction of sp³-hybridized carbons (Fsp3) is 0.235. The second-order valence-electron chi connectivity index (χ2n) is 5.56. The normalized spacial score (nSPS) is 12.1. The first-order chi connectivity index (χ1) is 12.4. The second kappa shape index (κ2) is 8.20. The van der Waals surface area contributed by atoms with Gasteiger partial charge in [-0.2, -0.15) is 13.2 Å². The molecule has 0 saturated heterocycles. The van der Waals surface area contributed by atoms with Crippen LogP contribution in [0.15, 0.2) is 45.8 Å². The first-order valence-corrected chi connectivity index (χ1v) is 10.4. The molecular weight excluding hydrogens is 471 g/mol. The Morgan fingerprint density at radius 1 is 1.19 bits per heavy atom. The third-order valence-electron chi connectivity index (χ3n) is 3.66. The summed E-state index contributed by atoms with van der Waals surface area (Å²) < 4.78 is 63.1. The lowest BCUT2D eigenvalue weighted by molar-refractivity contribution is -0.137. The lowest BCUT2D eigenvalue weighted by atomic mass is 10.1. The molecule has 0 atom stereocenters. The van der Waals surface area contributed by atoms with Crippen LogP contribution in [0.25, 0.3) is 0 Å². The molecule has 27 heavy (non-hydrogen) atoms. The maximum absolute atomic E-state index is 12.9. The second-order valence-corrected chi connectivity index (χ2v) is 9.16. The van der Waals surface area contributed by atoms with Gasteiger partial charge < -0.3 is 5.32 Å². The molecular formula is C17H14BrClF3NO3S. The number of carbonyl (C=O) groups excluding carboxylic acids is 1. The van der Waals surface area contributed by atoms with E-state index >= 15 is 0 Å². The maximum atomic E-state index is 12.9. The molecule has 0 radical (unpaired) electrons. The molecule has 10 heteroatoms. The summed E-state index contributed by atoms with van der Waals surface area (Å²) in [6.45, 7) is 1.27. The summed E-state index contributed by atoms with van der Waals surface area (Å²) in [4.78, 5) is 12.3. The molecule has 0 aromatic heterocycles. The Morgan fingerprint density at radius 3 is 2.44 bits per heavy atom. The quantitative estimate of drug-likeness (QED) is 0.660. The first kappa shape index (κ1) is 21.7. The SMILES string of the molecule is CCS(=O)(=O)c1ccc(Cl)cc1CNC(=O)c1cc(Br)cc(C(F)(F)F)c1. The van der Waals surface area contributed by atoms with Crippen LogP contribution in [-0.2, 0) is 22.6 Å². The summed E-state index contributed by atoms with van der Waals surface area (Å²) in [7, 11) is -3.56. The van der Waals surface area contributed by atoms with Gasteiger partial charge in [-0.3, -0.25) is 4.79 Å². The minimum atomic E-state index is -4.60. The van der Waals surface area contributed by atoms with Gasteiger partial charge >= 0.3 is 6.18 Å². The van der Waals surface area contributed by atoms with Crippen LogP contribution in [0, 0.1) is 0 Å². The van der Waals surface area contributed by atoms with Crippen LogP contribution >= 0.6 is 27.5 Å². The predicted molar refractivity (Wildman–Crippen MR) is 99.5 cm³/mol. The molecule has 2 aromatic rings. The first-order valence-electron chi connectivity index (χ1n) is 7.61. The van der Waals surface area contributed by atoms with E-state index in [1.165, 1.54) is 31.2 Å². The van der Waals surface area contributed by atoms with Crippen molar-refractivity contribution in [3.63, 3.8) is 0 Å². The summed E-state index contributed by atoms with van der Waals surface area (Å²) in [5.74, 6) is -0.919. The largest absolute Gasteiger partial charge is 0.416 e. The molecule has 0 spiro atoms. The van der Waals surface area contributed by atoms with Crippen molar-refractivity contribution >= 4 is 43.3 Å². The van der Waals surface area contributed by atoms with Crippen molar-refractivity contribution in [3.05, 3.63) is 62.6 Å². The molecule has 146 valence electrons. The number of hydrogen-bond donors (Lipinski definition) is 1. The molecule has 0 aliphatic heterocycles. The van der Waals surface area contributed by atoms with Gasteiger partial charge in [0.15, 0.2) is 9.84 Å². The Balaban J connectivity index is 2.29. The van der Waals surface area contributed by atoms with E-state index in [0.29, 0.717) is 0 Å². The molecule has 0 fully saturated rings. The summed E-state index contributed by atoms with van der Waals surface area (Å²) >= 11 is 8.85. The van der Waals surface area contributed by atoms with Crippen molar-refractivity contribution in [3.8, 4) is 0 Å². The number of carbonyl (C=O) groups is 1. The van der Waals surface area contributed by atoms with Gasteiger partial charge in [0.2, 0.25) is 0 Å². The number of hydrogen-bond acceptors (Lipinski definition) is 3. The Bertz CT molecular complexity index is 978. The topological polar surface area (TPSA) is 63.2 Å². The van der Waals surface area contributed by atoms with Crippen molar-refractivity contribution in [2.75, 3.05) is 5.75 Å². The van der Waals surface area contributed by atoms with Crippen molar-refractivity contribution in [1.29, 1.82) is 0 Å². The highest BCUT2D eigenvalue weighted by molar-refractivity contribution is 9.10. The highest BCUT2D eigenvalue weighted by Crippen LogP contribution is 2.32. The van der Waals surface area contributed by atoms with E-state index in [4.69, 9.17) is 11.6 Å².